The fourth-order valence-electron chi connectivity index (χ4n) is 5.25. The molecule has 5 rings (SSSR count). The monoisotopic (exact) mass is 548 g/mol. The molecule has 8 heteroatoms. The third kappa shape index (κ3) is 5.04. The van der Waals surface area contributed by atoms with Gasteiger partial charge < -0.3 is 9.88 Å². The second-order valence-electron chi connectivity index (χ2n) is 9.96. The summed E-state index contributed by atoms with van der Waals surface area (Å²) in [5.41, 5.74) is 7.82. The lowest BCUT2D eigenvalue weighted by Crippen LogP contribution is -2.36. The first-order valence-corrected chi connectivity index (χ1v) is 13.7. The number of hydrogen-bond acceptors (Lipinski definition) is 5. The second kappa shape index (κ2) is 10.9. The van der Waals surface area contributed by atoms with Gasteiger partial charge in [-0.15, -0.1) is 0 Å². The molecule has 200 valence electrons. The molecule has 1 saturated heterocycles. The van der Waals surface area contributed by atoms with E-state index in [2.05, 4.69) is 16.0 Å². The minimum Gasteiger partial charge on any atom is -0.340 e. The normalized spacial score (nSPS) is 14.3. The Hall–Kier alpha value is -4.61. The van der Waals surface area contributed by atoms with Gasteiger partial charge in [-0.25, -0.2) is 0 Å². The van der Waals surface area contributed by atoms with E-state index < -0.39 is 17.1 Å². The molecule has 1 aliphatic rings. The fraction of sp³-hybridized carbons (Fsp3) is 0.188. The molecular formula is C32H28N4O3S. The number of carbonyl (C=O) groups excluding carboxylic acids is 3. The smallest absolute Gasteiger partial charge is 0.294 e. The third-order valence-electron chi connectivity index (χ3n) is 7.14. The summed E-state index contributed by atoms with van der Waals surface area (Å²) < 4.78 is 2.11. The van der Waals surface area contributed by atoms with Gasteiger partial charge >= 0.3 is 0 Å². The van der Waals surface area contributed by atoms with Crippen molar-refractivity contribution >= 4 is 51.5 Å². The lowest BCUT2D eigenvalue weighted by molar-refractivity contribution is -0.127. The van der Waals surface area contributed by atoms with Crippen LogP contribution in [0.25, 0.3) is 17.0 Å². The van der Waals surface area contributed by atoms with Crippen LogP contribution in [0.3, 0.4) is 0 Å². The molecule has 7 nitrogen and oxygen atoms in total. The molecule has 0 unspecified atom stereocenters. The summed E-state index contributed by atoms with van der Waals surface area (Å²) in [6.45, 7) is 7.91. The second-order valence-corrected chi connectivity index (χ2v) is 11.0. The highest BCUT2D eigenvalue weighted by atomic mass is 32.2. The van der Waals surface area contributed by atoms with E-state index in [-0.39, 0.29) is 11.4 Å². The summed E-state index contributed by atoms with van der Waals surface area (Å²) in [7, 11) is 0. The Balaban J connectivity index is 1.43. The zero-order valence-corrected chi connectivity index (χ0v) is 23.6. The first-order chi connectivity index (χ1) is 19.2. The van der Waals surface area contributed by atoms with Crippen LogP contribution >= 0.6 is 11.8 Å². The molecule has 1 aromatic heterocycles. The topological polar surface area (TPSA) is 95.2 Å². The molecule has 0 bridgehead atoms. The molecule has 0 radical (unpaired) electrons. The summed E-state index contributed by atoms with van der Waals surface area (Å²) in [4.78, 5) is 40.3. The van der Waals surface area contributed by atoms with Crippen molar-refractivity contribution in [1.29, 1.82) is 5.26 Å². The Kier molecular flexibility index (Phi) is 7.33. The number of fused-ring (bicyclic) bond motifs is 1. The van der Waals surface area contributed by atoms with Gasteiger partial charge in [-0.2, -0.15) is 5.26 Å². The van der Waals surface area contributed by atoms with Crippen LogP contribution in [-0.4, -0.2) is 33.1 Å². The number of nitriles is 1. The van der Waals surface area contributed by atoms with Crippen molar-refractivity contribution in [2.45, 2.75) is 34.2 Å². The van der Waals surface area contributed by atoms with Gasteiger partial charge in [-0.3, -0.25) is 19.3 Å². The van der Waals surface area contributed by atoms with Gasteiger partial charge in [0.1, 0.15) is 6.54 Å². The highest BCUT2D eigenvalue weighted by Gasteiger charge is 2.36. The van der Waals surface area contributed by atoms with Crippen LogP contribution in [0, 0.1) is 39.0 Å². The standard InChI is InChI=1S/C32H28N4O3S/c1-19-13-20(2)30(21(3)14-19)34-29(37)18-36-31(38)28(40-32(36)39)15-26-22(4)35(27-12-8-7-11-25(26)27)17-24-10-6-5-9-23(24)16-33/h5-15H,17-18H2,1-4H3,(H,34,37)/b28-15-. The van der Waals surface area contributed by atoms with E-state index in [1.54, 1.807) is 12.1 Å². The first-order valence-electron chi connectivity index (χ1n) is 12.9. The van der Waals surface area contributed by atoms with Crippen molar-refractivity contribution in [3.8, 4) is 6.07 Å². The number of rotatable bonds is 6. The van der Waals surface area contributed by atoms with Crippen LogP contribution in [0.1, 0.15) is 39.1 Å². The van der Waals surface area contributed by atoms with Crippen LogP contribution < -0.4 is 5.32 Å². The molecule has 0 atom stereocenters. The van der Waals surface area contributed by atoms with Crippen molar-refractivity contribution in [1.82, 2.24) is 9.47 Å². The molecule has 3 aromatic carbocycles. The molecule has 0 saturated carbocycles. The van der Waals surface area contributed by atoms with E-state index in [0.29, 0.717) is 17.8 Å². The molecule has 1 aliphatic heterocycles. The number of hydrogen-bond donors (Lipinski definition) is 1. The Morgan fingerprint density at radius 1 is 1.00 bits per heavy atom. The minimum absolute atomic E-state index is 0.268. The summed E-state index contributed by atoms with van der Waals surface area (Å²) in [5.74, 6) is -0.920. The zero-order chi connectivity index (χ0) is 28.6. The summed E-state index contributed by atoms with van der Waals surface area (Å²) >= 11 is 0.836. The maximum atomic E-state index is 13.3. The predicted octanol–water partition coefficient (Wildman–Crippen LogP) is 6.47. The molecule has 2 heterocycles. The van der Waals surface area contributed by atoms with Gasteiger partial charge in [0, 0.05) is 34.4 Å². The molecule has 4 aromatic rings. The summed E-state index contributed by atoms with van der Waals surface area (Å²) in [6, 6.07) is 21.5. The number of nitrogens with zero attached hydrogens (tertiary/aromatic N) is 3. The van der Waals surface area contributed by atoms with Gasteiger partial charge in [-0.05, 0) is 74.4 Å². The zero-order valence-electron chi connectivity index (χ0n) is 22.7. The minimum atomic E-state index is -0.492. The van der Waals surface area contributed by atoms with Crippen LogP contribution in [0.15, 0.2) is 65.6 Å². The number of nitrogens with one attached hydrogen (secondary N) is 1. The van der Waals surface area contributed by atoms with Crippen molar-refractivity contribution in [3.63, 3.8) is 0 Å². The fourth-order valence-corrected chi connectivity index (χ4v) is 6.07. The Morgan fingerprint density at radius 2 is 1.68 bits per heavy atom. The van der Waals surface area contributed by atoms with Gasteiger partial charge in [0.2, 0.25) is 5.91 Å². The summed E-state index contributed by atoms with van der Waals surface area (Å²) in [5, 5.41) is 12.9. The average Bonchev–Trinajstić information content (AvgIpc) is 3.34. The Labute approximate surface area is 237 Å². The molecule has 1 fully saturated rings. The van der Waals surface area contributed by atoms with Crippen molar-refractivity contribution in [2.24, 2.45) is 0 Å². The van der Waals surface area contributed by atoms with E-state index in [1.165, 1.54) is 0 Å². The first kappa shape index (κ1) is 27.0. The molecule has 40 heavy (non-hydrogen) atoms. The maximum absolute atomic E-state index is 13.3. The highest BCUT2D eigenvalue weighted by Crippen LogP contribution is 2.36. The largest absolute Gasteiger partial charge is 0.340 e. The third-order valence-corrected chi connectivity index (χ3v) is 8.05. The lowest BCUT2D eigenvalue weighted by Gasteiger charge is -2.15. The molecule has 0 aliphatic carbocycles. The average molecular weight is 549 g/mol. The number of para-hydroxylation sites is 1. The van der Waals surface area contributed by atoms with Crippen LogP contribution in [0.2, 0.25) is 0 Å². The van der Waals surface area contributed by atoms with E-state index in [9.17, 15) is 19.6 Å². The molecule has 0 spiro atoms. The van der Waals surface area contributed by atoms with E-state index >= 15 is 0 Å². The molecular weight excluding hydrogens is 520 g/mol. The van der Waals surface area contributed by atoms with Crippen molar-refractivity contribution < 1.29 is 14.4 Å². The van der Waals surface area contributed by atoms with E-state index in [1.807, 2.05) is 82.3 Å². The number of amides is 3. The molecule has 1 N–H and O–H groups in total. The van der Waals surface area contributed by atoms with Crippen molar-refractivity contribution in [3.05, 3.63) is 105 Å². The number of aryl methyl sites for hydroxylation is 3. The predicted molar refractivity (Wildman–Crippen MR) is 159 cm³/mol. The SMILES string of the molecule is Cc1cc(C)c(NC(=O)CN2C(=O)S/C(=C\c3c(C)n(Cc4ccccc4C#N)c4ccccc34)C2=O)c(C)c1. The van der Waals surface area contributed by atoms with Gasteiger partial charge in [0.05, 0.1) is 16.5 Å². The number of benzene rings is 3. The number of aromatic nitrogens is 1. The Morgan fingerprint density at radius 3 is 2.40 bits per heavy atom. The number of anilines is 1. The maximum Gasteiger partial charge on any atom is 0.294 e. The Bertz CT molecular complexity index is 1750. The van der Waals surface area contributed by atoms with Crippen LogP contribution in [0.4, 0.5) is 10.5 Å². The van der Waals surface area contributed by atoms with Crippen LogP contribution in [-0.2, 0) is 16.1 Å². The molecule has 3 amide bonds. The van der Waals surface area contributed by atoms with E-state index in [4.69, 9.17) is 0 Å². The summed E-state index contributed by atoms with van der Waals surface area (Å²) in [6.07, 6.45) is 1.74. The van der Waals surface area contributed by atoms with Gasteiger partial charge in [0.25, 0.3) is 11.1 Å². The lowest BCUT2D eigenvalue weighted by atomic mass is 10.1. The number of imide groups is 1. The highest BCUT2D eigenvalue weighted by molar-refractivity contribution is 8.18. The van der Waals surface area contributed by atoms with Crippen molar-refractivity contribution in [2.75, 3.05) is 11.9 Å². The van der Waals surface area contributed by atoms with E-state index in [0.717, 1.165) is 61.1 Å². The quantitative estimate of drug-likeness (QED) is 0.279. The van der Waals surface area contributed by atoms with Crippen LogP contribution in [0.5, 0.6) is 0 Å². The van der Waals surface area contributed by atoms with Gasteiger partial charge in [0.15, 0.2) is 0 Å². The number of thioether (sulfide) groups is 1. The van der Waals surface area contributed by atoms with Gasteiger partial charge in [-0.1, -0.05) is 54.1 Å². The number of carbonyl (C=O) groups is 3.